The van der Waals surface area contributed by atoms with E-state index in [0.29, 0.717) is 25.1 Å². The van der Waals surface area contributed by atoms with Gasteiger partial charge in [0.05, 0.1) is 6.61 Å². The molecule has 2 N–H and O–H groups in total. The minimum atomic E-state index is -0.0825. The van der Waals surface area contributed by atoms with Crippen molar-refractivity contribution >= 4 is 5.91 Å². The molecule has 0 saturated heterocycles. The van der Waals surface area contributed by atoms with Crippen LogP contribution in [0, 0.1) is 0 Å². The van der Waals surface area contributed by atoms with Crippen molar-refractivity contribution in [1.29, 1.82) is 0 Å². The van der Waals surface area contributed by atoms with Crippen LogP contribution in [0.2, 0.25) is 0 Å². The standard InChI is InChI=1S/C13H19NO3/c1-17-10-11-5-4-6-12(9-11)13(16)14-7-2-3-8-15/h4-6,9,15H,2-3,7-8,10H2,1H3,(H,14,16). The summed E-state index contributed by atoms with van der Waals surface area (Å²) in [5.41, 5.74) is 1.62. The molecule has 0 bridgehead atoms. The Morgan fingerprint density at radius 3 is 2.94 bits per heavy atom. The molecule has 1 aromatic carbocycles. The van der Waals surface area contributed by atoms with E-state index in [-0.39, 0.29) is 12.5 Å². The molecule has 0 unspecified atom stereocenters. The molecule has 94 valence electrons. The topological polar surface area (TPSA) is 58.6 Å². The number of hydrogen-bond acceptors (Lipinski definition) is 3. The average Bonchev–Trinajstić information content (AvgIpc) is 2.35. The Hall–Kier alpha value is -1.39. The van der Waals surface area contributed by atoms with Crippen LogP contribution in [0.15, 0.2) is 24.3 Å². The van der Waals surface area contributed by atoms with E-state index in [0.717, 1.165) is 12.0 Å². The summed E-state index contributed by atoms with van der Waals surface area (Å²) < 4.78 is 5.02. The van der Waals surface area contributed by atoms with Crippen molar-refractivity contribution in [3.05, 3.63) is 35.4 Å². The molecule has 0 atom stereocenters. The fraction of sp³-hybridized carbons (Fsp3) is 0.462. The number of aliphatic hydroxyl groups is 1. The van der Waals surface area contributed by atoms with Gasteiger partial charge < -0.3 is 15.2 Å². The molecule has 0 radical (unpaired) electrons. The quantitative estimate of drug-likeness (QED) is 0.703. The maximum Gasteiger partial charge on any atom is 0.251 e. The Balaban J connectivity index is 2.47. The predicted molar refractivity (Wildman–Crippen MR) is 65.8 cm³/mol. The van der Waals surface area contributed by atoms with Crippen LogP contribution in [0.3, 0.4) is 0 Å². The van der Waals surface area contributed by atoms with Gasteiger partial charge in [-0.25, -0.2) is 0 Å². The molecule has 4 heteroatoms. The molecule has 0 spiro atoms. The van der Waals surface area contributed by atoms with Gasteiger partial charge in [0.2, 0.25) is 0 Å². The Morgan fingerprint density at radius 1 is 1.41 bits per heavy atom. The van der Waals surface area contributed by atoms with Crippen LogP contribution >= 0.6 is 0 Å². The van der Waals surface area contributed by atoms with Crippen molar-refractivity contribution in [3.8, 4) is 0 Å². The summed E-state index contributed by atoms with van der Waals surface area (Å²) in [5, 5.41) is 11.4. The fourth-order valence-electron chi connectivity index (χ4n) is 1.51. The number of methoxy groups -OCH3 is 1. The average molecular weight is 237 g/mol. The number of benzene rings is 1. The molecule has 17 heavy (non-hydrogen) atoms. The lowest BCUT2D eigenvalue weighted by Crippen LogP contribution is -2.24. The Labute approximate surface area is 102 Å². The largest absolute Gasteiger partial charge is 0.396 e. The number of hydrogen-bond donors (Lipinski definition) is 2. The van der Waals surface area contributed by atoms with Crippen LogP contribution in [0.4, 0.5) is 0 Å². The summed E-state index contributed by atoms with van der Waals surface area (Å²) in [4.78, 5) is 11.7. The second-order valence-corrected chi connectivity index (χ2v) is 3.82. The van der Waals surface area contributed by atoms with E-state index in [1.165, 1.54) is 0 Å². The molecule has 4 nitrogen and oxygen atoms in total. The highest BCUT2D eigenvalue weighted by Crippen LogP contribution is 2.06. The maximum atomic E-state index is 11.7. The van der Waals surface area contributed by atoms with Crippen LogP contribution in [-0.4, -0.2) is 31.3 Å². The van der Waals surface area contributed by atoms with Gasteiger partial charge in [-0.1, -0.05) is 12.1 Å². The number of nitrogens with one attached hydrogen (secondary N) is 1. The summed E-state index contributed by atoms with van der Waals surface area (Å²) in [6, 6.07) is 7.37. The number of amides is 1. The zero-order valence-corrected chi connectivity index (χ0v) is 10.1. The van der Waals surface area contributed by atoms with Crippen LogP contribution in [0.1, 0.15) is 28.8 Å². The minimum absolute atomic E-state index is 0.0825. The fourth-order valence-corrected chi connectivity index (χ4v) is 1.51. The molecule has 0 aliphatic rings. The lowest BCUT2D eigenvalue weighted by molar-refractivity contribution is 0.0951. The van der Waals surface area contributed by atoms with Crippen molar-refractivity contribution in [1.82, 2.24) is 5.32 Å². The van der Waals surface area contributed by atoms with E-state index in [1.54, 1.807) is 13.2 Å². The highest BCUT2D eigenvalue weighted by molar-refractivity contribution is 5.94. The van der Waals surface area contributed by atoms with Gasteiger partial charge in [0.25, 0.3) is 5.91 Å². The number of carbonyl (C=O) groups is 1. The van der Waals surface area contributed by atoms with Crippen molar-refractivity contribution in [2.75, 3.05) is 20.3 Å². The third-order valence-corrected chi connectivity index (χ3v) is 2.37. The van der Waals surface area contributed by atoms with Crippen LogP contribution in [0.25, 0.3) is 0 Å². The predicted octanol–water partition coefficient (Wildman–Crippen LogP) is 1.34. The monoisotopic (exact) mass is 237 g/mol. The van der Waals surface area contributed by atoms with Gasteiger partial charge in [-0.2, -0.15) is 0 Å². The highest BCUT2D eigenvalue weighted by Gasteiger charge is 2.05. The first-order valence-electron chi connectivity index (χ1n) is 5.75. The van der Waals surface area contributed by atoms with Crippen LogP contribution in [-0.2, 0) is 11.3 Å². The first-order chi connectivity index (χ1) is 8.27. The SMILES string of the molecule is COCc1cccc(C(=O)NCCCCO)c1. The Kier molecular flexibility index (Phi) is 6.29. The molecule has 0 aromatic heterocycles. The molecular formula is C13H19NO3. The normalized spacial score (nSPS) is 10.2. The molecule has 1 aromatic rings. The first-order valence-corrected chi connectivity index (χ1v) is 5.75. The van der Waals surface area contributed by atoms with E-state index in [4.69, 9.17) is 9.84 Å². The molecule has 0 saturated carbocycles. The summed E-state index contributed by atoms with van der Waals surface area (Å²) in [6.07, 6.45) is 1.50. The second kappa shape index (κ2) is 7.81. The van der Waals surface area contributed by atoms with Gasteiger partial charge in [0.1, 0.15) is 0 Å². The molecule has 0 aliphatic heterocycles. The van der Waals surface area contributed by atoms with Crippen molar-refractivity contribution < 1.29 is 14.6 Å². The Bertz CT molecular complexity index is 352. The first kappa shape index (κ1) is 13.7. The molecule has 0 fully saturated rings. The Morgan fingerprint density at radius 2 is 2.24 bits per heavy atom. The number of unbranched alkanes of at least 4 members (excludes halogenated alkanes) is 1. The van der Waals surface area contributed by atoms with Gasteiger partial charge in [-0.3, -0.25) is 4.79 Å². The van der Waals surface area contributed by atoms with E-state index in [1.807, 2.05) is 18.2 Å². The number of carbonyl (C=O) groups excluding carboxylic acids is 1. The summed E-state index contributed by atoms with van der Waals surface area (Å²) >= 11 is 0. The molecule has 0 heterocycles. The van der Waals surface area contributed by atoms with Gasteiger partial charge in [0.15, 0.2) is 0 Å². The van der Waals surface area contributed by atoms with Gasteiger partial charge in [-0.05, 0) is 30.5 Å². The lowest BCUT2D eigenvalue weighted by atomic mass is 10.1. The van der Waals surface area contributed by atoms with Gasteiger partial charge in [-0.15, -0.1) is 0 Å². The zero-order valence-electron chi connectivity index (χ0n) is 10.1. The van der Waals surface area contributed by atoms with E-state index >= 15 is 0 Å². The molecule has 1 amide bonds. The number of aliphatic hydroxyl groups excluding tert-OH is 1. The zero-order chi connectivity index (χ0) is 12.5. The summed E-state index contributed by atoms with van der Waals surface area (Å²) in [5.74, 6) is -0.0825. The van der Waals surface area contributed by atoms with Crippen molar-refractivity contribution in [2.24, 2.45) is 0 Å². The van der Waals surface area contributed by atoms with Gasteiger partial charge >= 0.3 is 0 Å². The van der Waals surface area contributed by atoms with Crippen molar-refractivity contribution in [2.45, 2.75) is 19.4 Å². The minimum Gasteiger partial charge on any atom is -0.396 e. The third kappa shape index (κ3) is 4.97. The highest BCUT2D eigenvalue weighted by atomic mass is 16.5. The van der Waals surface area contributed by atoms with E-state index < -0.39 is 0 Å². The smallest absolute Gasteiger partial charge is 0.251 e. The van der Waals surface area contributed by atoms with Gasteiger partial charge in [0, 0.05) is 25.8 Å². The van der Waals surface area contributed by atoms with E-state index in [9.17, 15) is 4.79 Å². The second-order valence-electron chi connectivity index (χ2n) is 3.82. The van der Waals surface area contributed by atoms with Crippen molar-refractivity contribution in [3.63, 3.8) is 0 Å². The number of ether oxygens (including phenoxy) is 1. The lowest BCUT2D eigenvalue weighted by Gasteiger charge is -2.06. The molecule has 0 aliphatic carbocycles. The number of rotatable bonds is 7. The molecular weight excluding hydrogens is 218 g/mol. The van der Waals surface area contributed by atoms with Crippen LogP contribution in [0.5, 0.6) is 0 Å². The maximum absolute atomic E-state index is 11.7. The third-order valence-electron chi connectivity index (χ3n) is 2.37. The summed E-state index contributed by atoms with van der Waals surface area (Å²) in [7, 11) is 1.63. The summed E-state index contributed by atoms with van der Waals surface area (Å²) in [6.45, 7) is 1.26. The van der Waals surface area contributed by atoms with E-state index in [2.05, 4.69) is 5.32 Å². The molecule has 1 rings (SSSR count). The van der Waals surface area contributed by atoms with Crippen LogP contribution < -0.4 is 5.32 Å².